The zero-order valence-corrected chi connectivity index (χ0v) is 14.9. The van der Waals surface area contributed by atoms with Crippen LogP contribution in [0.4, 0.5) is 0 Å². The molecule has 0 radical (unpaired) electrons. The zero-order chi connectivity index (χ0) is 15.1. The summed E-state index contributed by atoms with van der Waals surface area (Å²) < 4.78 is 5.12. The Bertz CT molecular complexity index is 398. The largest absolute Gasteiger partial charge is 0.384 e. The molecule has 4 saturated carbocycles. The predicted octanol–water partition coefficient (Wildman–Crippen LogP) is 3.51. The Labute approximate surface area is 136 Å². The molecule has 3 atom stereocenters. The highest BCUT2D eigenvalue weighted by Gasteiger charge is 2.58. The topological polar surface area (TPSA) is 38.3 Å². The van der Waals surface area contributed by atoms with Gasteiger partial charge >= 0.3 is 0 Å². The van der Waals surface area contributed by atoms with Crippen LogP contribution in [-0.4, -0.2) is 31.0 Å². The van der Waals surface area contributed by atoms with Crippen molar-refractivity contribution in [3.8, 4) is 0 Å². The van der Waals surface area contributed by atoms with Crippen LogP contribution in [-0.2, 0) is 9.53 Å². The maximum atomic E-state index is 12.8. The van der Waals surface area contributed by atoms with Crippen molar-refractivity contribution in [2.24, 2.45) is 22.7 Å². The molecule has 4 aliphatic rings. The lowest BCUT2D eigenvalue weighted by atomic mass is 9.44. The van der Waals surface area contributed by atoms with Gasteiger partial charge < -0.3 is 10.1 Å². The number of hydrogen-bond acceptors (Lipinski definition) is 2. The Hall–Kier alpha value is -0.0900. The molecule has 0 aromatic rings. The monoisotopic (exact) mass is 357 g/mol. The molecule has 0 aromatic heterocycles. The summed E-state index contributed by atoms with van der Waals surface area (Å²) in [6.07, 6.45) is 8.42. The highest BCUT2D eigenvalue weighted by atomic mass is 79.9. The first-order valence-electron chi connectivity index (χ1n) is 8.36. The number of ether oxygens (including phenoxy) is 1. The number of alkyl halides is 1. The number of methoxy groups -OCH3 is 1. The minimum atomic E-state index is -0.0398. The van der Waals surface area contributed by atoms with E-state index in [1.165, 1.54) is 19.3 Å². The van der Waals surface area contributed by atoms with Crippen LogP contribution in [0.1, 0.15) is 51.9 Å². The molecular weight excluding hydrogens is 330 g/mol. The Morgan fingerprint density at radius 2 is 2.00 bits per heavy atom. The van der Waals surface area contributed by atoms with Crippen LogP contribution in [0.15, 0.2) is 0 Å². The molecular formula is C17H28BrNO2. The van der Waals surface area contributed by atoms with Gasteiger partial charge in [-0.3, -0.25) is 4.79 Å². The average Bonchev–Trinajstić information content (AvgIpc) is 2.35. The van der Waals surface area contributed by atoms with E-state index in [0.717, 1.165) is 44.1 Å². The third kappa shape index (κ3) is 3.17. The molecule has 4 fully saturated rings. The van der Waals surface area contributed by atoms with Crippen LogP contribution in [0.3, 0.4) is 0 Å². The van der Waals surface area contributed by atoms with Crippen LogP contribution in [0.25, 0.3) is 0 Å². The molecule has 21 heavy (non-hydrogen) atoms. The van der Waals surface area contributed by atoms with Crippen molar-refractivity contribution in [1.82, 2.24) is 5.32 Å². The highest BCUT2D eigenvalue weighted by molar-refractivity contribution is 9.09. The Kier molecular flexibility index (Phi) is 4.39. The minimum absolute atomic E-state index is 0.0398. The van der Waals surface area contributed by atoms with Gasteiger partial charge in [-0.1, -0.05) is 22.9 Å². The van der Waals surface area contributed by atoms with E-state index in [2.05, 4.69) is 28.2 Å². The predicted molar refractivity (Wildman–Crippen MR) is 87.4 cm³/mol. The molecule has 4 aliphatic carbocycles. The molecule has 0 heterocycles. The number of halogens is 1. The van der Waals surface area contributed by atoms with Crippen molar-refractivity contribution in [3.05, 3.63) is 0 Å². The first-order chi connectivity index (χ1) is 9.95. The van der Waals surface area contributed by atoms with Crippen LogP contribution in [0, 0.1) is 22.7 Å². The fraction of sp³-hybridized carbons (Fsp3) is 0.941. The molecule has 3 nitrogen and oxygen atoms in total. The van der Waals surface area contributed by atoms with Gasteiger partial charge in [-0.05, 0) is 62.2 Å². The second-order valence-electron chi connectivity index (χ2n) is 8.15. The number of nitrogens with one attached hydrogen (secondary N) is 1. The lowest BCUT2D eigenvalue weighted by molar-refractivity contribution is -0.155. The second kappa shape index (κ2) is 5.84. The van der Waals surface area contributed by atoms with Crippen molar-refractivity contribution >= 4 is 21.8 Å². The molecule has 3 unspecified atom stereocenters. The van der Waals surface area contributed by atoms with Crippen LogP contribution in [0.2, 0.25) is 0 Å². The number of hydrogen-bond donors (Lipinski definition) is 1. The number of amides is 1. The summed E-state index contributed by atoms with van der Waals surface area (Å²) in [5.74, 6) is 1.94. The Morgan fingerprint density at radius 3 is 2.57 bits per heavy atom. The van der Waals surface area contributed by atoms with Gasteiger partial charge in [-0.25, -0.2) is 0 Å². The van der Waals surface area contributed by atoms with E-state index >= 15 is 0 Å². The fourth-order valence-corrected chi connectivity index (χ4v) is 6.27. The van der Waals surface area contributed by atoms with Crippen LogP contribution < -0.4 is 5.32 Å². The maximum Gasteiger partial charge on any atom is 0.226 e. The van der Waals surface area contributed by atoms with E-state index in [1.807, 2.05) is 0 Å². The quantitative estimate of drug-likeness (QED) is 0.738. The summed E-state index contributed by atoms with van der Waals surface area (Å²) in [7, 11) is 1.71. The normalized spacial score (nSPS) is 42.0. The standard InChI is InChI=1S/C17H28BrNO2/c1-16-6-12-5-13(7-16)9-17(8-12,11-16)15(20)19-4-3-14(18)10-21-2/h12-14H,3-11H2,1-2H3,(H,19,20). The lowest BCUT2D eigenvalue weighted by Crippen LogP contribution is -2.56. The van der Waals surface area contributed by atoms with E-state index < -0.39 is 0 Å². The molecule has 0 aromatic carbocycles. The van der Waals surface area contributed by atoms with Gasteiger partial charge in [-0.2, -0.15) is 0 Å². The zero-order valence-electron chi connectivity index (χ0n) is 13.3. The summed E-state index contributed by atoms with van der Waals surface area (Å²) in [5.41, 5.74) is 0.400. The summed E-state index contributed by atoms with van der Waals surface area (Å²) in [4.78, 5) is 13.2. The molecule has 0 spiro atoms. The van der Waals surface area contributed by atoms with Gasteiger partial charge in [0.25, 0.3) is 0 Å². The maximum absolute atomic E-state index is 12.8. The van der Waals surface area contributed by atoms with Gasteiger partial charge in [0.15, 0.2) is 0 Å². The molecule has 1 N–H and O–H groups in total. The van der Waals surface area contributed by atoms with E-state index in [4.69, 9.17) is 4.74 Å². The smallest absolute Gasteiger partial charge is 0.226 e. The molecule has 1 amide bonds. The molecule has 4 rings (SSSR count). The van der Waals surface area contributed by atoms with Gasteiger partial charge in [0.05, 0.1) is 12.0 Å². The lowest BCUT2D eigenvalue weighted by Gasteiger charge is -2.60. The summed E-state index contributed by atoms with van der Waals surface area (Å²) >= 11 is 3.58. The average molecular weight is 358 g/mol. The van der Waals surface area contributed by atoms with Gasteiger partial charge in [0.1, 0.15) is 0 Å². The minimum Gasteiger partial charge on any atom is -0.384 e. The molecule has 120 valence electrons. The highest BCUT2D eigenvalue weighted by Crippen LogP contribution is 2.65. The van der Waals surface area contributed by atoms with Gasteiger partial charge in [0.2, 0.25) is 5.91 Å². The first kappa shape index (κ1) is 15.8. The van der Waals surface area contributed by atoms with E-state index in [1.54, 1.807) is 7.11 Å². The summed E-state index contributed by atoms with van der Waals surface area (Å²) in [5, 5.41) is 3.22. The number of carbonyl (C=O) groups is 1. The Balaban J connectivity index is 1.57. The van der Waals surface area contributed by atoms with E-state index in [-0.39, 0.29) is 5.41 Å². The number of rotatable bonds is 6. The second-order valence-corrected chi connectivity index (χ2v) is 9.44. The van der Waals surface area contributed by atoms with Crippen molar-refractivity contribution in [3.63, 3.8) is 0 Å². The van der Waals surface area contributed by atoms with Crippen molar-refractivity contribution in [2.45, 2.75) is 56.7 Å². The van der Waals surface area contributed by atoms with E-state index in [0.29, 0.717) is 22.8 Å². The molecule has 4 heteroatoms. The number of carbonyl (C=O) groups excluding carboxylic acids is 1. The van der Waals surface area contributed by atoms with E-state index in [9.17, 15) is 4.79 Å². The molecule has 0 aliphatic heterocycles. The third-order valence-electron chi connectivity index (χ3n) is 5.93. The first-order valence-corrected chi connectivity index (χ1v) is 9.28. The molecule has 0 saturated heterocycles. The Morgan fingerprint density at radius 1 is 1.33 bits per heavy atom. The van der Waals surface area contributed by atoms with Gasteiger partial charge in [0, 0.05) is 18.5 Å². The third-order valence-corrected chi connectivity index (χ3v) is 6.65. The van der Waals surface area contributed by atoms with Crippen LogP contribution in [0.5, 0.6) is 0 Å². The fourth-order valence-electron chi connectivity index (χ4n) is 5.78. The summed E-state index contributed by atoms with van der Waals surface area (Å²) in [6.45, 7) is 3.87. The van der Waals surface area contributed by atoms with Crippen LogP contribution >= 0.6 is 15.9 Å². The molecule has 4 bridgehead atoms. The van der Waals surface area contributed by atoms with Gasteiger partial charge in [-0.15, -0.1) is 0 Å². The summed E-state index contributed by atoms with van der Waals surface area (Å²) in [6, 6.07) is 0. The van der Waals surface area contributed by atoms with Crippen molar-refractivity contribution in [2.75, 3.05) is 20.3 Å². The SMILES string of the molecule is COCC(Br)CCNC(=O)C12CC3CC(CC(C)(C3)C1)C2. The van der Waals surface area contributed by atoms with Crippen molar-refractivity contribution in [1.29, 1.82) is 0 Å². The van der Waals surface area contributed by atoms with Crippen molar-refractivity contribution < 1.29 is 9.53 Å².